The number of aliphatic hydroxyl groups excluding tert-OH is 1. The van der Waals surface area contributed by atoms with E-state index in [1.807, 2.05) is 55.6 Å². The van der Waals surface area contributed by atoms with Crippen molar-refractivity contribution in [1.82, 2.24) is 24.8 Å². The number of likely N-dealkylation sites (N-methyl/N-ethyl adjacent to an activating group) is 1. The summed E-state index contributed by atoms with van der Waals surface area (Å²) >= 11 is 0. The summed E-state index contributed by atoms with van der Waals surface area (Å²) in [5, 5.41) is 18.2. The molecule has 0 unspecified atom stereocenters. The van der Waals surface area contributed by atoms with Gasteiger partial charge in [0.25, 0.3) is 0 Å². The van der Waals surface area contributed by atoms with Crippen LogP contribution in [0.5, 0.6) is 11.5 Å². The minimum atomic E-state index is -0.248. The van der Waals surface area contributed by atoms with E-state index in [0.717, 1.165) is 23.7 Å². The van der Waals surface area contributed by atoms with Gasteiger partial charge in [0.15, 0.2) is 0 Å². The molecule has 0 aliphatic carbocycles. The summed E-state index contributed by atoms with van der Waals surface area (Å²) in [5.74, 6) is 1.70. The normalized spacial score (nSPS) is 19.9. The molecule has 0 radical (unpaired) electrons. The van der Waals surface area contributed by atoms with Crippen molar-refractivity contribution in [2.75, 3.05) is 26.7 Å². The highest BCUT2D eigenvalue weighted by atomic mass is 16.5. The molecule has 2 bridgehead atoms. The summed E-state index contributed by atoms with van der Waals surface area (Å²) < 4.78 is 14.1. The Kier molecular flexibility index (Phi) is 9.86. The molecule has 1 aliphatic rings. The quantitative estimate of drug-likeness (QED) is 0.483. The first-order chi connectivity index (χ1) is 18.4. The minimum absolute atomic E-state index is 0.0444. The first kappa shape index (κ1) is 27.8. The Morgan fingerprint density at radius 2 is 1.89 bits per heavy atom. The van der Waals surface area contributed by atoms with Crippen molar-refractivity contribution in [1.29, 1.82) is 0 Å². The molecule has 1 aromatic heterocycles. The van der Waals surface area contributed by atoms with Crippen molar-refractivity contribution in [3.63, 3.8) is 0 Å². The van der Waals surface area contributed by atoms with Crippen LogP contribution in [0.25, 0.3) is 0 Å². The van der Waals surface area contributed by atoms with Gasteiger partial charge >= 0.3 is 0 Å². The fourth-order valence-electron chi connectivity index (χ4n) is 4.66. The number of aromatic nitrogens is 3. The second-order valence-electron chi connectivity index (χ2n) is 10.2. The molecule has 38 heavy (non-hydrogen) atoms. The number of amides is 1. The van der Waals surface area contributed by atoms with E-state index in [0.29, 0.717) is 39.1 Å². The Labute approximate surface area is 225 Å². The van der Waals surface area contributed by atoms with Gasteiger partial charge in [-0.25, -0.2) is 0 Å². The Hall–Kier alpha value is -3.27. The molecule has 2 aromatic carbocycles. The third kappa shape index (κ3) is 7.86. The highest BCUT2D eigenvalue weighted by molar-refractivity contribution is 5.76. The number of ether oxygens (including phenoxy) is 2. The topological polar surface area (TPSA) is 92.9 Å². The van der Waals surface area contributed by atoms with Crippen LogP contribution in [0.3, 0.4) is 0 Å². The molecule has 9 nitrogen and oxygen atoms in total. The highest BCUT2D eigenvalue weighted by Gasteiger charge is 2.28. The number of fused-ring (bicyclic) bond motifs is 2. The van der Waals surface area contributed by atoms with Crippen LogP contribution < -0.4 is 4.74 Å². The zero-order valence-corrected chi connectivity index (χ0v) is 22.6. The summed E-state index contributed by atoms with van der Waals surface area (Å²) in [6.45, 7) is 6.84. The summed E-state index contributed by atoms with van der Waals surface area (Å²) in [6, 6.07) is 17.6. The molecule has 9 heteroatoms. The number of aliphatic hydroxyl groups is 1. The third-order valence-corrected chi connectivity index (χ3v) is 6.89. The van der Waals surface area contributed by atoms with E-state index in [1.54, 1.807) is 9.58 Å². The fraction of sp³-hybridized carbons (Fsp3) is 0.483. The summed E-state index contributed by atoms with van der Waals surface area (Å²) in [7, 11) is 2.07. The van der Waals surface area contributed by atoms with Gasteiger partial charge in [0, 0.05) is 38.5 Å². The van der Waals surface area contributed by atoms with Crippen molar-refractivity contribution in [3.05, 3.63) is 72.1 Å². The van der Waals surface area contributed by atoms with E-state index in [-0.39, 0.29) is 30.6 Å². The Bertz CT molecular complexity index is 1140. The first-order valence-corrected chi connectivity index (χ1v) is 13.3. The molecule has 3 aromatic rings. The standard InChI is InChI=1S/C29H39N5O4/c1-22-16-34(23(2)20-35)29(36)10-7-15-33-18-25(30-31-33)21-37-28(22)19-32(3)17-24-11-13-27(14-12-24)38-26-8-5-4-6-9-26/h4-6,8-9,11-14,18,22-23,28,35H,7,10,15-17,19-21H2,1-3H3/t22-,23+,28-/m0/s1. The number of benzene rings is 2. The van der Waals surface area contributed by atoms with Gasteiger partial charge in [-0.1, -0.05) is 42.5 Å². The summed E-state index contributed by atoms with van der Waals surface area (Å²) in [6.07, 6.45) is 2.82. The lowest BCUT2D eigenvalue weighted by molar-refractivity contribution is -0.136. The van der Waals surface area contributed by atoms with Gasteiger partial charge in [0.1, 0.15) is 17.2 Å². The number of para-hydroxylation sites is 1. The average molecular weight is 522 g/mol. The van der Waals surface area contributed by atoms with Crippen LogP contribution in [0, 0.1) is 5.92 Å². The first-order valence-electron chi connectivity index (χ1n) is 13.3. The number of hydrogen-bond donors (Lipinski definition) is 1. The van der Waals surface area contributed by atoms with Crippen LogP contribution in [-0.4, -0.2) is 74.7 Å². The number of hydrogen-bond acceptors (Lipinski definition) is 7. The average Bonchev–Trinajstić information content (AvgIpc) is 3.38. The number of carbonyl (C=O) groups excluding carboxylic acids is 1. The molecule has 0 spiro atoms. The maximum Gasteiger partial charge on any atom is 0.222 e. The molecule has 4 rings (SSSR count). The van der Waals surface area contributed by atoms with Crippen molar-refractivity contribution in [3.8, 4) is 11.5 Å². The van der Waals surface area contributed by atoms with Crippen LogP contribution >= 0.6 is 0 Å². The van der Waals surface area contributed by atoms with Crippen molar-refractivity contribution in [2.45, 2.75) is 58.5 Å². The number of nitrogens with zero attached hydrogens (tertiary/aromatic N) is 5. The molecule has 204 valence electrons. The zero-order chi connectivity index (χ0) is 26.9. The van der Waals surface area contributed by atoms with E-state index in [4.69, 9.17) is 9.47 Å². The maximum absolute atomic E-state index is 13.0. The second-order valence-corrected chi connectivity index (χ2v) is 10.2. The van der Waals surface area contributed by atoms with E-state index >= 15 is 0 Å². The van der Waals surface area contributed by atoms with Gasteiger partial charge in [0.05, 0.1) is 31.6 Å². The second kappa shape index (κ2) is 13.5. The molecule has 0 saturated carbocycles. The predicted octanol–water partition coefficient (Wildman–Crippen LogP) is 3.73. The lowest BCUT2D eigenvalue weighted by Gasteiger charge is -2.35. The van der Waals surface area contributed by atoms with Crippen LogP contribution in [0.15, 0.2) is 60.8 Å². The Morgan fingerprint density at radius 1 is 1.16 bits per heavy atom. The molecule has 1 N–H and O–H groups in total. The summed E-state index contributed by atoms with van der Waals surface area (Å²) in [4.78, 5) is 17.1. The minimum Gasteiger partial charge on any atom is -0.457 e. The van der Waals surface area contributed by atoms with E-state index < -0.39 is 0 Å². The zero-order valence-electron chi connectivity index (χ0n) is 22.6. The number of rotatable bonds is 8. The van der Waals surface area contributed by atoms with E-state index in [1.165, 1.54) is 5.56 Å². The molecular formula is C29H39N5O4. The number of aryl methyl sites for hydroxylation is 1. The third-order valence-electron chi connectivity index (χ3n) is 6.89. The Balaban J connectivity index is 1.42. The van der Waals surface area contributed by atoms with Crippen LogP contribution in [-0.2, 0) is 29.2 Å². The number of carbonyl (C=O) groups is 1. The maximum atomic E-state index is 13.0. The van der Waals surface area contributed by atoms with Gasteiger partial charge in [0.2, 0.25) is 5.91 Å². The van der Waals surface area contributed by atoms with E-state index in [2.05, 4.69) is 41.3 Å². The van der Waals surface area contributed by atoms with Crippen LogP contribution in [0.2, 0.25) is 0 Å². The summed E-state index contributed by atoms with van der Waals surface area (Å²) in [5.41, 5.74) is 1.95. The largest absolute Gasteiger partial charge is 0.457 e. The smallest absolute Gasteiger partial charge is 0.222 e. The molecular weight excluding hydrogens is 482 g/mol. The van der Waals surface area contributed by atoms with Crippen molar-refractivity contribution < 1.29 is 19.4 Å². The predicted molar refractivity (Wildman–Crippen MR) is 145 cm³/mol. The molecule has 3 atom stereocenters. The van der Waals surface area contributed by atoms with Gasteiger partial charge in [-0.2, -0.15) is 0 Å². The molecule has 1 amide bonds. The molecule has 0 fully saturated rings. The van der Waals surface area contributed by atoms with Crippen molar-refractivity contribution in [2.24, 2.45) is 5.92 Å². The molecule has 1 aliphatic heterocycles. The molecule has 2 heterocycles. The van der Waals surface area contributed by atoms with Gasteiger partial charge in [-0.15, -0.1) is 5.10 Å². The van der Waals surface area contributed by atoms with Crippen LogP contribution in [0.1, 0.15) is 37.9 Å². The van der Waals surface area contributed by atoms with E-state index in [9.17, 15) is 9.90 Å². The lowest BCUT2D eigenvalue weighted by Crippen LogP contribution is -2.47. The highest BCUT2D eigenvalue weighted by Crippen LogP contribution is 2.22. The monoisotopic (exact) mass is 521 g/mol. The van der Waals surface area contributed by atoms with Gasteiger partial charge in [-0.3, -0.25) is 14.4 Å². The van der Waals surface area contributed by atoms with Crippen molar-refractivity contribution >= 4 is 5.91 Å². The Morgan fingerprint density at radius 3 is 2.63 bits per heavy atom. The van der Waals surface area contributed by atoms with Gasteiger partial charge in [-0.05, 0) is 50.2 Å². The SMILES string of the molecule is C[C@H](CO)N1C[C@H](C)[C@H](CN(C)Cc2ccc(Oc3ccccc3)cc2)OCc2cn(nn2)CCCC1=O. The molecule has 0 saturated heterocycles. The van der Waals surface area contributed by atoms with Gasteiger partial charge < -0.3 is 19.5 Å². The van der Waals surface area contributed by atoms with Crippen LogP contribution in [0.4, 0.5) is 0 Å². The fourth-order valence-corrected chi connectivity index (χ4v) is 4.66. The lowest BCUT2D eigenvalue weighted by atomic mass is 10.0.